The number of ether oxygens (including phenoxy) is 1. The average molecular weight is 294 g/mol. The first-order valence-electron chi connectivity index (χ1n) is 6.56. The summed E-state index contributed by atoms with van der Waals surface area (Å²) < 4.78 is 5.42. The van der Waals surface area contributed by atoms with Gasteiger partial charge in [-0.25, -0.2) is 9.59 Å². The number of imide groups is 1. The lowest BCUT2D eigenvalue weighted by molar-refractivity contribution is -0.108. The molecule has 3 amide bonds. The summed E-state index contributed by atoms with van der Waals surface area (Å²) in [5.74, 6) is -0.719. The Morgan fingerprint density at radius 3 is 2.62 bits per heavy atom. The van der Waals surface area contributed by atoms with Gasteiger partial charge in [-0.05, 0) is 31.5 Å². The zero-order chi connectivity index (χ0) is 15.8. The van der Waals surface area contributed by atoms with E-state index in [4.69, 9.17) is 9.84 Å². The standard InChI is InChI=1S/C14H18N2O5/c1-3-7-16(14(20)15-9-17)11-8-10(13(18)19)5-6-12(11)21-4-2/h5-6,8-9H,3-4,7H2,1-2H3,(H,18,19)(H,15,17,20). The van der Waals surface area contributed by atoms with Gasteiger partial charge < -0.3 is 9.84 Å². The molecule has 0 radical (unpaired) electrons. The van der Waals surface area contributed by atoms with E-state index in [0.717, 1.165) is 0 Å². The molecule has 0 unspecified atom stereocenters. The molecule has 0 atom stereocenters. The Kier molecular flexibility index (Phi) is 6.19. The SMILES string of the molecule is CCCN(C(=O)NC=O)c1cc(C(=O)O)ccc1OCC. The lowest BCUT2D eigenvalue weighted by Crippen LogP contribution is -2.40. The molecule has 1 rings (SSSR count). The van der Waals surface area contributed by atoms with Gasteiger partial charge in [-0.3, -0.25) is 15.0 Å². The summed E-state index contributed by atoms with van der Waals surface area (Å²) >= 11 is 0. The van der Waals surface area contributed by atoms with Crippen molar-refractivity contribution in [3.8, 4) is 5.75 Å². The van der Waals surface area contributed by atoms with E-state index in [9.17, 15) is 14.4 Å². The molecule has 0 heterocycles. The minimum Gasteiger partial charge on any atom is -0.492 e. The highest BCUT2D eigenvalue weighted by Gasteiger charge is 2.20. The molecule has 21 heavy (non-hydrogen) atoms. The zero-order valence-corrected chi connectivity index (χ0v) is 12.0. The molecule has 1 aromatic carbocycles. The first-order chi connectivity index (χ1) is 10.0. The van der Waals surface area contributed by atoms with Crippen molar-refractivity contribution in [2.24, 2.45) is 0 Å². The van der Waals surface area contributed by atoms with Crippen molar-refractivity contribution in [2.75, 3.05) is 18.1 Å². The number of carbonyl (C=O) groups is 3. The second kappa shape index (κ2) is 7.88. The minimum atomic E-state index is -1.11. The summed E-state index contributed by atoms with van der Waals surface area (Å²) in [5, 5.41) is 11.1. The molecule has 1 aromatic rings. The van der Waals surface area contributed by atoms with Crippen molar-refractivity contribution in [2.45, 2.75) is 20.3 Å². The van der Waals surface area contributed by atoms with Gasteiger partial charge in [0.1, 0.15) is 5.75 Å². The van der Waals surface area contributed by atoms with Gasteiger partial charge in [0.25, 0.3) is 0 Å². The first kappa shape index (κ1) is 16.5. The maximum atomic E-state index is 12.0. The van der Waals surface area contributed by atoms with Crippen LogP contribution in [0.1, 0.15) is 30.6 Å². The molecule has 0 spiro atoms. The molecule has 7 heteroatoms. The van der Waals surface area contributed by atoms with Crippen LogP contribution in [-0.2, 0) is 4.79 Å². The predicted molar refractivity (Wildman–Crippen MR) is 76.8 cm³/mol. The summed E-state index contributed by atoms with van der Waals surface area (Å²) in [4.78, 5) is 34.8. The summed E-state index contributed by atoms with van der Waals surface area (Å²) in [5.41, 5.74) is 0.353. The van der Waals surface area contributed by atoms with Crippen LogP contribution in [0.4, 0.5) is 10.5 Å². The second-order valence-corrected chi connectivity index (χ2v) is 4.14. The predicted octanol–water partition coefficient (Wildman–Crippen LogP) is 1.87. The van der Waals surface area contributed by atoms with E-state index >= 15 is 0 Å². The molecule has 0 aliphatic heterocycles. The van der Waals surface area contributed by atoms with E-state index in [-0.39, 0.29) is 12.0 Å². The molecule has 0 aliphatic rings. The molecule has 114 valence electrons. The van der Waals surface area contributed by atoms with Crippen LogP contribution in [-0.4, -0.2) is 36.7 Å². The van der Waals surface area contributed by atoms with Gasteiger partial charge in [0.05, 0.1) is 17.9 Å². The number of nitrogens with one attached hydrogen (secondary N) is 1. The highest BCUT2D eigenvalue weighted by atomic mass is 16.5. The minimum absolute atomic E-state index is 0.0356. The van der Waals surface area contributed by atoms with Gasteiger partial charge in [0, 0.05) is 6.54 Å². The number of carbonyl (C=O) groups excluding carboxylic acids is 2. The van der Waals surface area contributed by atoms with Crippen molar-refractivity contribution < 1.29 is 24.2 Å². The van der Waals surface area contributed by atoms with E-state index in [1.165, 1.54) is 23.1 Å². The number of aromatic carboxylic acids is 1. The van der Waals surface area contributed by atoms with Crippen LogP contribution in [0.5, 0.6) is 5.75 Å². The molecular formula is C14H18N2O5. The number of rotatable bonds is 7. The monoisotopic (exact) mass is 294 g/mol. The molecular weight excluding hydrogens is 276 g/mol. The maximum Gasteiger partial charge on any atom is 0.335 e. The normalized spacial score (nSPS) is 9.81. The number of urea groups is 1. The number of carboxylic acids is 1. The fourth-order valence-electron chi connectivity index (χ4n) is 1.82. The largest absolute Gasteiger partial charge is 0.492 e. The van der Waals surface area contributed by atoms with E-state index in [1.807, 2.05) is 6.92 Å². The smallest absolute Gasteiger partial charge is 0.335 e. The van der Waals surface area contributed by atoms with Crippen molar-refractivity contribution >= 4 is 24.1 Å². The van der Waals surface area contributed by atoms with Gasteiger partial charge in [-0.2, -0.15) is 0 Å². The average Bonchev–Trinajstić information content (AvgIpc) is 2.45. The van der Waals surface area contributed by atoms with Crippen LogP contribution in [0.3, 0.4) is 0 Å². The van der Waals surface area contributed by atoms with Gasteiger partial charge in [0.15, 0.2) is 0 Å². The molecule has 0 bridgehead atoms. The molecule has 0 saturated heterocycles. The lowest BCUT2D eigenvalue weighted by Gasteiger charge is -2.24. The molecule has 7 nitrogen and oxygen atoms in total. The third-order valence-electron chi connectivity index (χ3n) is 2.67. The van der Waals surface area contributed by atoms with Gasteiger partial charge in [-0.15, -0.1) is 0 Å². The number of hydrogen-bond donors (Lipinski definition) is 2. The van der Waals surface area contributed by atoms with Crippen LogP contribution in [0, 0.1) is 0 Å². The summed E-state index contributed by atoms with van der Waals surface area (Å²) in [6, 6.07) is 3.63. The highest BCUT2D eigenvalue weighted by Crippen LogP contribution is 2.30. The zero-order valence-electron chi connectivity index (χ0n) is 12.0. The molecule has 0 aromatic heterocycles. The van der Waals surface area contributed by atoms with E-state index in [2.05, 4.69) is 5.32 Å². The van der Waals surface area contributed by atoms with Crippen molar-refractivity contribution in [3.05, 3.63) is 23.8 Å². The van der Waals surface area contributed by atoms with E-state index in [0.29, 0.717) is 31.0 Å². The van der Waals surface area contributed by atoms with Crippen molar-refractivity contribution in [3.63, 3.8) is 0 Å². The van der Waals surface area contributed by atoms with Crippen LogP contribution in [0.2, 0.25) is 0 Å². The Bertz CT molecular complexity index is 530. The number of benzene rings is 1. The van der Waals surface area contributed by atoms with E-state index < -0.39 is 12.0 Å². The lowest BCUT2D eigenvalue weighted by atomic mass is 10.1. The molecule has 2 N–H and O–H groups in total. The highest BCUT2D eigenvalue weighted by molar-refractivity contribution is 6.00. The summed E-state index contributed by atoms with van der Waals surface area (Å²) in [6.07, 6.45) is 0.918. The number of carboxylic acid groups (broad SMARTS) is 1. The summed E-state index contributed by atoms with van der Waals surface area (Å²) in [6.45, 7) is 4.34. The summed E-state index contributed by atoms with van der Waals surface area (Å²) in [7, 11) is 0. The van der Waals surface area contributed by atoms with Gasteiger partial charge >= 0.3 is 12.0 Å². The fraction of sp³-hybridized carbons (Fsp3) is 0.357. The van der Waals surface area contributed by atoms with Gasteiger partial charge in [0.2, 0.25) is 6.41 Å². The second-order valence-electron chi connectivity index (χ2n) is 4.14. The Morgan fingerprint density at radius 2 is 2.10 bits per heavy atom. The number of hydrogen-bond acceptors (Lipinski definition) is 4. The quantitative estimate of drug-likeness (QED) is 0.748. The number of nitrogens with zero attached hydrogens (tertiary/aromatic N) is 1. The number of anilines is 1. The topological polar surface area (TPSA) is 95.9 Å². The Hall–Kier alpha value is -2.57. The van der Waals surface area contributed by atoms with Crippen LogP contribution in [0.15, 0.2) is 18.2 Å². The Morgan fingerprint density at radius 1 is 1.38 bits per heavy atom. The number of amides is 3. The fourth-order valence-corrected chi connectivity index (χ4v) is 1.82. The van der Waals surface area contributed by atoms with Crippen LogP contribution in [0.25, 0.3) is 0 Å². The van der Waals surface area contributed by atoms with Gasteiger partial charge in [-0.1, -0.05) is 6.92 Å². The maximum absolute atomic E-state index is 12.0. The third kappa shape index (κ3) is 4.20. The molecule has 0 aliphatic carbocycles. The first-order valence-corrected chi connectivity index (χ1v) is 6.56. The van der Waals surface area contributed by atoms with Crippen LogP contribution < -0.4 is 15.0 Å². The van der Waals surface area contributed by atoms with Crippen LogP contribution >= 0.6 is 0 Å². The Balaban J connectivity index is 3.30. The van der Waals surface area contributed by atoms with E-state index in [1.54, 1.807) is 6.92 Å². The van der Waals surface area contributed by atoms with Crippen molar-refractivity contribution in [1.82, 2.24) is 5.32 Å². The molecule has 0 saturated carbocycles. The van der Waals surface area contributed by atoms with Crippen molar-refractivity contribution in [1.29, 1.82) is 0 Å². The Labute approximate surface area is 122 Å². The molecule has 0 fully saturated rings. The third-order valence-corrected chi connectivity index (χ3v) is 2.67.